The molecular weight excluding hydrogens is 250 g/mol. The largest absolute Gasteiger partial charge is 0.457 e. The van der Waals surface area contributed by atoms with Gasteiger partial charge >= 0.3 is 0 Å². The van der Waals surface area contributed by atoms with Gasteiger partial charge in [0.1, 0.15) is 17.3 Å². The van der Waals surface area contributed by atoms with Gasteiger partial charge < -0.3 is 10.1 Å². The van der Waals surface area contributed by atoms with Crippen LogP contribution in [0.4, 0.5) is 5.82 Å². The Hall–Kier alpha value is -2.62. The highest BCUT2D eigenvalue weighted by Crippen LogP contribution is 2.25. The van der Waals surface area contributed by atoms with Gasteiger partial charge in [0.2, 0.25) is 0 Å². The van der Waals surface area contributed by atoms with Crippen molar-refractivity contribution < 1.29 is 4.74 Å². The van der Waals surface area contributed by atoms with Crippen LogP contribution >= 0.6 is 0 Å². The fourth-order valence-corrected chi connectivity index (χ4v) is 2.00. The lowest BCUT2D eigenvalue weighted by molar-refractivity contribution is 0.483. The third-order valence-electron chi connectivity index (χ3n) is 2.90. The van der Waals surface area contributed by atoms with Gasteiger partial charge in [-0.3, -0.25) is 4.98 Å². The minimum absolute atomic E-state index is 0.756. The average Bonchev–Trinajstić information content (AvgIpc) is 2.48. The van der Waals surface area contributed by atoms with E-state index < -0.39 is 0 Å². The number of benzene rings is 1. The maximum Gasteiger partial charge on any atom is 0.132 e. The number of nitrogens with one attached hydrogen (secondary N) is 1. The smallest absolute Gasteiger partial charge is 0.132 e. The lowest BCUT2D eigenvalue weighted by atomic mass is 10.2. The highest BCUT2D eigenvalue weighted by Gasteiger charge is 2.01. The molecule has 0 spiro atoms. The average molecular weight is 265 g/mol. The molecule has 4 nitrogen and oxygen atoms in total. The topological polar surface area (TPSA) is 47.0 Å². The molecule has 0 unspecified atom stereocenters. The van der Waals surface area contributed by atoms with Crippen molar-refractivity contribution in [1.29, 1.82) is 0 Å². The first-order chi connectivity index (χ1) is 9.85. The van der Waals surface area contributed by atoms with Crippen molar-refractivity contribution in [2.75, 3.05) is 11.9 Å². The van der Waals surface area contributed by atoms with Crippen molar-refractivity contribution in [3.63, 3.8) is 0 Å². The molecule has 0 amide bonds. The summed E-state index contributed by atoms with van der Waals surface area (Å²) in [6.45, 7) is 2.86. The first-order valence-corrected chi connectivity index (χ1v) is 6.58. The monoisotopic (exact) mass is 265 g/mol. The summed E-state index contributed by atoms with van der Waals surface area (Å²) in [5.74, 6) is 2.33. The van der Waals surface area contributed by atoms with Crippen LogP contribution in [-0.4, -0.2) is 16.5 Å². The van der Waals surface area contributed by atoms with Crippen LogP contribution in [-0.2, 0) is 0 Å². The zero-order chi connectivity index (χ0) is 13.8. The van der Waals surface area contributed by atoms with E-state index in [0.29, 0.717) is 0 Å². The molecule has 0 bridgehead atoms. The summed E-state index contributed by atoms with van der Waals surface area (Å²) in [7, 11) is 0. The number of pyridine rings is 2. The second-order valence-electron chi connectivity index (χ2n) is 4.37. The number of hydrogen-bond donors (Lipinski definition) is 1. The van der Waals surface area contributed by atoms with Gasteiger partial charge in [-0.15, -0.1) is 0 Å². The predicted molar refractivity (Wildman–Crippen MR) is 80.2 cm³/mol. The van der Waals surface area contributed by atoms with Crippen LogP contribution in [0.3, 0.4) is 0 Å². The van der Waals surface area contributed by atoms with E-state index in [4.69, 9.17) is 4.74 Å². The minimum atomic E-state index is 0.756. The highest BCUT2D eigenvalue weighted by atomic mass is 16.5. The van der Waals surface area contributed by atoms with E-state index in [9.17, 15) is 0 Å². The van der Waals surface area contributed by atoms with Gasteiger partial charge in [0.05, 0.1) is 5.52 Å². The Morgan fingerprint density at radius 2 is 1.90 bits per heavy atom. The number of fused-ring (bicyclic) bond motifs is 1. The third kappa shape index (κ3) is 2.69. The molecule has 0 saturated heterocycles. The van der Waals surface area contributed by atoms with E-state index in [-0.39, 0.29) is 0 Å². The number of aromatic nitrogens is 2. The summed E-state index contributed by atoms with van der Waals surface area (Å²) in [5, 5.41) is 4.26. The molecule has 100 valence electrons. The Morgan fingerprint density at radius 1 is 1.00 bits per heavy atom. The molecular formula is C16H15N3O. The molecule has 1 N–H and O–H groups in total. The zero-order valence-electron chi connectivity index (χ0n) is 11.2. The van der Waals surface area contributed by atoms with Crippen LogP contribution in [0.1, 0.15) is 6.92 Å². The van der Waals surface area contributed by atoms with Gasteiger partial charge in [-0.2, -0.15) is 0 Å². The molecule has 0 fully saturated rings. The maximum atomic E-state index is 5.85. The molecule has 4 heteroatoms. The number of nitrogens with zero attached hydrogens (tertiary/aromatic N) is 2. The van der Waals surface area contributed by atoms with Gasteiger partial charge in [-0.25, -0.2) is 4.98 Å². The Morgan fingerprint density at radius 3 is 2.80 bits per heavy atom. The molecule has 2 heterocycles. The fraction of sp³-hybridized carbons (Fsp3) is 0.125. The van der Waals surface area contributed by atoms with Crippen molar-refractivity contribution in [2.45, 2.75) is 6.92 Å². The van der Waals surface area contributed by atoms with Crippen LogP contribution in [0.15, 0.2) is 54.9 Å². The van der Waals surface area contributed by atoms with E-state index in [1.807, 2.05) is 49.4 Å². The molecule has 0 aliphatic carbocycles. The summed E-state index contributed by atoms with van der Waals surface area (Å²) in [6.07, 6.45) is 3.51. The summed E-state index contributed by atoms with van der Waals surface area (Å²) in [6, 6.07) is 13.6. The van der Waals surface area contributed by atoms with E-state index in [1.165, 1.54) is 0 Å². The third-order valence-corrected chi connectivity index (χ3v) is 2.90. The number of hydrogen-bond acceptors (Lipinski definition) is 4. The van der Waals surface area contributed by atoms with Crippen molar-refractivity contribution in [3.05, 3.63) is 54.9 Å². The zero-order valence-corrected chi connectivity index (χ0v) is 11.2. The normalized spacial score (nSPS) is 10.4. The Balaban J connectivity index is 1.87. The molecule has 0 aliphatic heterocycles. The minimum Gasteiger partial charge on any atom is -0.457 e. The Bertz CT molecular complexity index is 727. The van der Waals surface area contributed by atoms with Crippen molar-refractivity contribution in [1.82, 2.24) is 9.97 Å². The standard InChI is InChI=1S/C16H15N3O/c1-2-17-16-11-14(7-9-19-16)20-13-6-5-12-4-3-8-18-15(12)10-13/h3-11H,2H2,1H3,(H,17,19). The first-order valence-electron chi connectivity index (χ1n) is 6.58. The maximum absolute atomic E-state index is 5.85. The fourth-order valence-electron chi connectivity index (χ4n) is 2.00. The molecule has 0 atom stereocenters. The van der Waals surface area contributed by atoms with E-state index >= 15 is 0 Å². The van der Waals surface area contributed by atoms with Gasteiger partial charge in [-0.1, -0.05) is 6.07 Å². The lowest BCUT2D eigenvalue weighted by Gasteiger charge is -2.08. The van der Waals surface area contributed by atoms with Gasteiger partial charge in [0.25, 0.3) is 0 Å². The van der Waals surface area contributed by atoms with Crippen LogP contribution < -0.4 is 10.1 Å². The number of anilines is 1. The first kappa shape index (κ1) is 12.4. The van der Waals surface area contributed by atoms with E-state index in [0.717, 1.165) is 34.8 Å². The second-order valence-corrected chi connectivity index (χ2v) is 4.37. The summed E-state index contributed by atoms with van der Waals surface area (Å²) in [5.41, 5.74) is 0.922. The van der Waals surface area contributed by atoms with E-state index in [1.54, 1.807) is 12.4 Å². The molecule has 1 aromatic carbocycles. The molecule has 3 aromatic rings. The number of ether oxygens (including phenoxy) is 1. The molecule has 0 radical (unpaired) electrons. The lowest BCUT2D eigenvalue weighted by Crippen LogP contribution is -1.98. The second kappa shape index (κ2) is 5.57. The number of rotatable bonds is 4. The van der Waals surface area contributed by atoms with Crippen LogP contribution in [0, 0.1) is 0 Å². The molecule has 0 aliphatic rings. The molecule has 2 aromatic heterocycles. The highest BCUT2D eigenvalue weighted by molar-refractivity contribution is 5.79. The van der Waals surface area contributed by atoms with Gasteiger partial charge in [0, 0.05) is 36.5 Å². The molecule has 0 saturated carbocycles. The van der Waals surface area contributed by atoms with Crippen LogP contribution in [0.2, 0.25) is 0 Å². The van der Waals surface area contributed by atoms with Crippen molar-refractivity contribution in [3.8, 4) is 11.5 Å². The summed E-state index contributed by atoms with van der Waals surface area (Å²) < 4.78 is 5.85. The predicted octanol–water partition coefficient (Wildman–Crippen LogP) is 3.85. The summed E-state index contributed by atoms with van der Waals surface area (Å²) in [4.78, 5) is 8.54. The van der Waals surface area contributed by atoms with E-state index in [2.05, 4.69) is 15.3 Å². The molecule has 3 rings (SSSR count). The van der Waals surface area contributed by atoms with Crippen molar-refractivity contribution in [2.24, 2.45) is 0 Å². The quantitative estimate of drug-likeness (QED) is 0.778. The Kier molecular flexibility index (Phi) is 3.46. The van der Waals surface area contributed by atoms with Crippen LogP contribution in [0.5, 0.6) is 11.5 Å². The Labute approximate surface area is 117 Å². The van der Waals surface area contributed by atoms with Crippen LogP contribution in [0.25, 0.3) is 10.9 Å². The summed E-state index contributed by atoms with van der Waals surface area (Å²) >= 11 is 0. The van der Waals surface area contributed by atoms with Gasteiger partial charge in [0.15, 0.2) is 0 Å². The SMILES string of the molecule is CCNc1cc(Oc2ccc3cccnc3c2)ccn1. The van der Waals surface area contributed by atoms with Crippen molar-refractivity contribution >= 4 is 16.7 Å². The van der Waals surface area contributed by atoms with Gasteiger partial charge in [-0.05, 0) is 31.2 Å². The molecule has 20 heavy (non-hydrogen) atoms.